The third-order valence-corrected chi connectivity index (χ3v) is 11.1. The van der Waals surface area contributed by atoms with Crippen LogP contribution >= 0.6 is 11.8 Å². The minimum atomic E-state index is 0.0524. The molecule has 0 amide bonds. The number of nitrogens with zero attached hydrogens (tertiary/aromatic N) is 1. The SMILES string of the molecule is CCC1(C)c2ccccc2B2c3ccc(-n4c5c(c6ccccc64)CCCCCC5)cc3Sc3cccc1c32. The second kappa shape index (κ2) is 8.93. The fourth-order valence-corrected chi connectivity index (χ4v) is 9.12. The van der Waals surface area contributed by atoms with Crippen LogP contribution in [-0.4, -0.2) is 11.3 Å². The third kappa shape index (κ3) is 3.35. The largest absolute Gasteiger partial charge is 0.313 e. The number of fused-ring (bicyclic) bond motifs is 7. The van der Waals surface area contributed by atoms with Gasteiger partial charge in [0.15, 0.2) is 0 Å². The van der Waals surface area contributed by atoms with E-state index in [2.05, 4.69) is 103 Å². The molecule has 1 aliphatic carbocycles. The average molecular weight is 524 g/mol. The number of hydrogen-bond acceptors (Lipinski definition) is 1. The van der Waals surface area contributed by atoms with Crippen LogP contribution in [0.1, 0.15) is 68.3 Å². The van der Waals surface area contributed by atoms with Crippen molar-refractivity contribution in [3.05, 3.63) is 107 Å². The lowest BCUT2D eigenvalue weighted by Crippen LogP contribution is -2.63. The Morgan fingerprint density at radius 1 is 0.769 bits per heavy atom. The summed E-state index contributed by atoms with van der Waals surface area (Å²) in [5, 5.41) is 1.45. The van der Waals surface area contributed by atoms with E-state index in [-0.39, 0.29) is 5.41 Å². The van der Waals surface area contributed by atoms with Crippen LogP contribution in [0.5, 0.6) is 0 Å². The highest BCUT2D eigenvalue weighted by atomic mass is 32.2. The standard InChI is InChI=1S/C36H34BNS/c1-3-36(2)27-15-9-10-17-29(27)37-30-22-21-24(23-34(30)39-33-20-12-16-28(36)35(33)37)38-31-18-7-5-4-6-13-25(31)26-14-8-11-19-32(26)38/h8-12,14-17,19-23H,3-7,13,18H2,1-2H3. The number of rotatable bonds is 2. The second-order valence-electron chi connectivity index (χ2n) is 11.9. The van der Waals surface area contributed by atoms with Crippen LogP contribution in [-0.2, 0) is 18.3 Å². The van der Waals surface area contributed by atoms with E-state index in [1.54, 1.807) is 16.7 Å². The summed E-state index contributed by atoms with van der Waals surface area (Å²) in [6, 6.07) is 32.8. The van der Waals surface area contributed by atoms with Gasteiger partial charge >= 0.3 is 0 Å². The summed E-state index contributed by atoms with van der Waals surface area (Å²) < 4.78 is 2.60. The molecule has 1 atom stereocenters. The third-order valence-electron chi connectivity index (χ3n) is 9.99. The van der Waals surface area contributed by atoms with Crippen molar-refractivity contribution in [2.45, 2.75) is 74.0 Å². The zero-order chi connectivity index (χ0) is 26.1. The molecule has 0 radical (unpaired) electrons. The van der Waals surface area contributed by atoms with Gasteiger partial charge in [0.25, 0.3) is 0 Å². The van der Waals surface area contributed by atoms with Crippen molar-refractivity contribution in [1.29, 1.82) is 0 Å². The molecule has 5 aromatic rings. The number of aryl methyl sites for hydroxylation is 1. The molecule has 1 aromatic heterocycles. The summed E-state index contributed by atoms with van der Waals surface area (Å²) in [5.74, 6) is 0. The molecule has 3 heterocycles. The summed E-state index contributed by atoms with van der Waals surface area (Å²) in [4.78, 5) is 2.85. The minimum Gasteiger partial charge on any atom is -0.313 e. The molecular formula is C36H34BNS. The van der Waals surface area contributed by atoms with Gasteiger partial charge in [0.2, 0.25) is 6.71 Å². The Hall–Kier alpha value is -3.17. The van der Waals surface area contributed by atoms with E-state index in [9.17, 15) is 0 Å². The summed E-state index contributed by atoms with van der Waals surface area (Å²) >= 11 is 1.98. The first kappa shape index (κ1) is 23.7. The van der Waals surface area contributed by atoms with Gasteiger partial charge in [-0.3, -0.25) is 0 Å². The molecule has 39 heavy (non-hydrogen) atoms. The van der Waals surface area contributed by atoms with E-state index in [0.717, 1.165) is 6.42 Å². The summed E-state index contributed by atoms with van der Waals surface area (Å²) in [7, 11) is 0. The molecule has 0 saturated carbocycles. The first-order valence-corrected chi connectivity index (χ1v) is 15.7. The van der Waals surface area contributed by atoms with Crippen LogP contribution in [0.15, 0.2) is 94.7 Å². The van der Waals surface area contributed by atoms with Crippen molar-refractivity contribution in [2.75, 3.05) is 0 Å². The molecule has 3 heteroatoms. The lowest BCUT2D eigenvalue weighted by atomic mass is 9.31. The predicted octanol–water partition coefficient (Wildman–Crippen LogP) is 7.30. The minimum absolute atomic E-state index is 0.0524. The molecule has 2 aliphatic heterocycles. The Kier molecular flexibility index (Phi) is 5.43. The van der Waals surface area contributed by atoms with Crippen molar-refractivity contribution >= 4 is 45.8 Å². The Balaban J connectivity index is 1.34. The van der Waals surface area contributed by atoms with Gasteiger partial charge in [-0.15, -0.1) is 0 Å². The molecule has 0 fully saturated rings. The maximum absolute atomic E-state index is 2.60. The molecule has 0 spiro atoms. The van der Waals surface area contributed by atoms with Gasteiger partial charge in [-0.25, -0.2) is 0 Å². The lowest BCUT2D eigenvalue weighted by Gasteiger charge is -2.43. The monoisotopic (exact) mass is 523 g/mol. The summed E-state index contributed by atoms with van der Waals surface area (Å²) in [6.07, 6.45) is 8.77. The maximum atomic E-state index is 2.60. The van der Waals surface area contributed by atoms with Crippen LogP contribution in [0.25, 0.3) is 16.6 Å². The zero-order valence-corrected chi connectivity index (χ0v) is 23.8. The van der Waals surface area contributed by atoms with Gasteiger partial charge in [0.05, 0.1) is 5.52 Å². The van der Waals surface area contributed by atoms with Crippen LogP contribution < -0.4 is 16.4 Å². The Labute approximate surface area is 236 Å². The van der Waals surface area contributed by atoms with Crippen LogP contribution in [0.3, 0.4) is 0 Å². The topological polar surface area (TPSA) is 4.93 Å². The van der Waals surface area contributed by atoms with E-state index >= 15 is 0 Å². The highest BCUT2D eigenvalue weighted by Gasteiger charge is 2.45. The van der Waals surface area contributed by atoms with Crippen molar-refractivity contribution < 1.29 is 0 Å². The van der Waals surface area contributed by atoms with Crippen LogP contribution in [0.2, 0.25) is 0 Å². The number of aromatic nitrogens is 1. The molecule has 3 aliphatic rings. The van der Waals surface area contributed by atoms with Crippen LogP contribution in [0, 0.1) is 0 Å². The smallest absolute Gasteiger partial charge is 0.244 e. The van der Waals surface area contributed by atoms with Crippen LogP contribution in [0.4, 0.5) is 0 Å². The van der Waals surface area contributed by atoms with Gasteiger partial charge < -0.3 is 4.57 Å². The zero-order valence-electron chi connectivity index (χ0n) is 23.0. The molecule has 192 valence electrons. The number of benzene rings is 4. The fraction of sp³-hybridized carbons (Fsp3) is 0.278. The van der Waals surface area contributed by atoms with Gasteiger partial charge in [-0.1, -0.05) is 116 Å². The quantitative estimate of drug-likeness (QED) is 0.216. The van der Waals surface area contributed by atoms with E-state index < -0.39 is 0 Å². The van der Waals surface area contributed by atoms with Crippen molar-refractivity contribution in [1.82, 2.24) is 4.57 Å². The first-order valence-electron chi connectivity index (χ1n) is 14.8. The molecule has 0 N–H and O–H groups in total. The summed E-state index contributed by atoms with van der Waals surface area (Å²) in [5.41, 5.74) is 13.4. The van der Waals surface area contributed by atoms with Gasteiger partial charge in [0.1, 0.15) is 0 Å². The van der Waals surface area contributed by atoms with Crippen molar-refractivity contribution in [3.63, 3.8) is 0 Å². The summed E-state index contributed by atoms with van der Waals surface area (Å²) in [6.45, 7) is 5.10. The van der Waals surface area contributed by atoms with Crippen molar-refractivity contribution in [3.8, 4) is 5.69 Å². The molecule has 1 nitrogen and oxygen atoms in total. The molecule has 4 aromatic carbocycles. The number of hydrogen-bond donors (Lipinski definition) is 0. The number of para-hydroxylation sites is 1. The molecule has 1 unspecified atom stereocenters. The Morgan fingerprint density at radius 3 is 2.46 bits per heavy atom. The first-order chi connectivity index (χ1) is 19.2. The van der Waals surface area contributed by atoms with Gasteiger partial charge in [-0.05, 0) is 73.1 Å². The Morgan fingerprint density at radius 2 is 1.56 bits per heavy atom. The molecule has 0 bridgehead atoms. The predicted molar refractivity (Wildman–Crippen MR) is 168 cm³/mol. The normalized spacial score (nSPS) is 19.5. The highest BCUT2D eigenvalue weighted by molar-refractivity contribution is 8.00. The van der Waals surface area contributed by atoms with E-state index in [1.165, 1.54) is 87.0 Å². The second-order valence-corrected chi connectivity index (χ2v) is 13.0. The Bertz CT molecular complexity index is 1760. The lowest BCUT2D eigenvalue weighted by molar-refractivity contribution is 0.552. The van der Waals surface area contributed by atoms with Crippen molar-refractivity contribution in [2.24, 2.45) is 0 Å². The van der Waals surface area contributed by atoms with E-state index in [4.69, 9.17) is 0 Å². The van der Waals surface area contributed by atoms with E-state index in [1.807, 2.05) is 11.8 Å². The molecule has 0 saturated heterocycles. The fourth-order valence-electron chi connectivity index (χ4n) is 7.92. The molecule has 8 rings (SSSR count). The molecular weight excluding hydrogens is 489 g/mol. The maximum Gasteiger partial charge on any atom is 0.244 e. The average Bonchev–Trinajstić information content (AvgIpc) is 3.26. The highest BCUT2D eigenvalue weighted by Crippen LogP contribution is 2.42. The van der Waals surface area contributed by atoms with Gasteiger partial charge in [0, 0.05) is 32.0 Å². The van der Waals surface area contributed by atoms with E-state index in [0.29, 0.717) is 6.71 Å². The van der Waals surface area contributed by atoms with Gasteiger partial charge in [-0.2, -0.15) is 0 Å².